The molecule has 0 aromatic heterocycles. The zero-order valence-corrected chi connectivity index (χ0v) is 15.5. The number of rotatable bonds is 7. The average molecular weight is 370 g/mol. The first-order valence-electron chi connectivity index (χ1n) is 8.34. The number of aryl methyl sites for hydroxylation is 2. The van der Waals surface area contributed by atoms with Gasteiger partial charge >= 0.3 is 5.97 Å². The SMILES string of the molecule is COc1ccccc1NC(=O)COC(=O)CNC(=O)c1ccc(C)c(C)c1. The molecule has 2 rings (SSSR count). The van der Waals surface area contributed by atoms with E-state index >= 15 is 0 Å². The topological polar surface area (TPSA) is 93.7 Å². The Balaban J connectivity index is 1.77. The van der Waals surface area contributed by atoms with Crippen LogP contribution >= 0.6 is 0 Å². The van der Waals surface area contributed by atoms with Crippen molar-refractivity contribution in [1.82, 2.24) is 5.32 Å². The van der Waals surface area contributed by atoms with Crippen LogP contribution in [0.1, 0.15) is 21.5 Å². The normalized spacial score (nSPS) is 10.0. The van der Waals surface area contributed by atoms with Crippen molar-refractivity contribution in [3.63, 3.8) is 0 Å². The smallest absolute Gasteiger partial charge is 0.325 e. The van der Waals surface area contributed by atoms with Gasteiger partial charge in [-0.2, -0.15) is 0 Å². The molecule has 0 saturated carbocycles. The lowest BCUT2D eigenvalue weighted by atomic mass is 10.1. The maximum absolute atomic E-state index is 12.1. The zero-order valence-electron chi connectivity index (χ0n) is 15.5. The highest BCUT2D eigenvalue weighted by atomic mass is 16.5. The number of esters is 1. The molecule has 0 aliphatic heterocycles. The Morgan fingerprint density at radius 2 is 1.74 bits per heavy atom. The van der Waals surface area contributed by atoms with Gasteiger partial charge in [-0.05, 0) is 49.2 Å². The number of carbonyl (C=O) groups excluding carboxylic acids is 3. The summed E-state index contributed by atoms with van der Waals surface area (Å²) in [7, 11) is 1.49. The van der Waals surface area contributed by atoms with E-state index in [4.69, 9.17) is 9.47 Å². The summed E-state index contributed by atoms with van der Waals surface area (Å²) >= 11 is 0. The molecular weight excluding hydrogens is 348 g/mol. The molecule has 27 heavy (non-hydrogen) atoms. The molecule has 0 unspecified atom stereocenters. The lowest BCUT2D eigenvalue weighted by Gasteiger charge is -2.10. The van der Waals surface area contributed by atoms with E-state index in [9.17, 15) is 14.4 Å². The van der Waals surface area contributed by atoms with Crippen molar-refractivity contribution in [2.75, 3.05) is 25.6 Å². The lowest BCUT2D eigenvalue weighted by Crippen LogP contribution is -2.32. The number of amides is 2. The van der Waals surface area contributed by atoms with Crippen LogP contribution in [0.3, 0.4) is 0 Å². The largest absolute Gasteiger partial charge is 0.495 e. The molecule has 7 heteroatoms. The van der Waals surface area contributed by atoms with E-state index in [1.54, 1.807) is 36.4 Å². The van der Waals surface area contributed by atoms with Crippen LogP contribution in [-0.4, -0.2) is 38.0 Å². The van der Waals surface area contributed by atoms with Gasteiger partial charge in [-0.3, -0.25) is 14.4 Å². The van der Waals surface area contributed by atoms with Crippen LogP contribution in [0.25, 0.3) is 0 Å². The first-order chi connectivity index (χ1) is 12.9. The molecule has 0 bridgehead atoms. The molecule has 0 saturated heterocycles. The molecule has 0 spiro atoms. The van der Waals surface area contributed by atoms with E-state index in [0.717, 1.165) is 11.1 Å². The van der Waals surface area contributed by atoms with Crippen LogP contribution < -0.4 is 15.4 Å². The van der Waals surface area contributed by atoms with Gasteiger partial charge in [-0.15, -0.1) is 0 Å². The molecule has 0 aliphatic rings. The maximum Gasteiger partial charge on any atom is 0.325 e. The van der Waals surface area contributed by atoms with Crippen molar-refractivity contribution in [2.24, 2.45) is 0 Å². The number of ether oxygens (including phenoxy) is 2. The number of para-hydroxylation sites is 2. The van der Waals surface area contributed by atoms with Crippen molar-refractivity contribution >= 4 is 23.5 Å². The van der Waals surface area contributed by atoms with E-state index in [2.05, 4.69) is 10.6 Å². The van der Waals surface area contributed by atoms with Crippen LogP contribution in [0.4, 0.5) is 5.69 Å². The van der Waals surface area contributed by atoms with Crippen molar-refractivity contribution in [1.29, 1.82) is 0 Å². The van der Waals surface area contributed by atoms with Crippen molar-refractivity contribution in [3.05, 3.63) is 59.2 Å². The number of nitrogens with one attached hydrogen (secondary N) is 2. The molecule has 0 radical (unpaired) electrons. The van der Waals surface area contributed by atoms with Crippen LogP contribution in [0, 0.1) is 13.8 Å². The summed E-state index contributed by atoms with van der Waals surface area (Å²) in [5.41, 5.74) is 2.99. The second kappa shape index (κ2) is 9.38. The molecule has 2 N–H and O–H groups in total. The quantitative estimate of drug-likeness (QED) is 0.729. The molecule has 2 amide bonds. The fourth-order valence-electron chi connectivity index (χ4n) is 2.27. The first kappa shape index (κ1) is 20.0. The number of benzene rings is 2. The highest BCUT2D eigenvalue weighted by Crippen LogP contribution is 2.22. The average Bonchev–Trinajstić information content (AvgIpc) is 2.67. The van der Waals surface area contributed by atoms with Gasteiger partial charge in [0.15, 0.2) is 6.61 Å². The van der Waals surface area contributed by atoms with Crippen LogP contribution in [0.2, 0.25) is 0 Å². The summed E-state index contributed by atoms with van der Waals surface area (Å²) in [6.07, 6.45) is 0. The highest BCUT2D eigenvalue weighted by molar-refractivity contribution is 5.97. The fraction of sp³-hybridized carbons (Fsp3) is 0.250. The summed E-state index contributed by atoms with van der Waals surface area (Å²) in [5.74, 6) is -1.10. The summed E-state index contributed by atoms with van der Waals surface area (Å²) in [6, 6.07) is 12.1. The van der Waals surface area contributed by atoms with Gasteiger partial charge in [0.25, 0.3) is 11.8 Å². The minimum atomic E-state index is -0.706. The number of hydrogen-bond donors (Lipinski definition) is 2. The van der Waals surface area contributed by atoms with Crippen LogP contribution in [-0.2, 0) is 14.3 Å². The molecule has 7 nitrogen and oxygen atoms in total. The van der Waals surface area contributed by atoms with Gasteiger partial charge in [0.1, 0.15) is 12.3 Å². The van der Waals surface area contributed by atoms with Gasteiger partial charge < -0.3 is 20.1 Å². The maximum atomic E-state index is 12.1. The predicted octanol–water partition coefficient (Wildman–Crippen LogP) is 2.22. The van der Waals surface area contributed by atoms with Crippen molar-refractivity contribution in [2.45, 2.75) is 13.8 Å². The Kier molecular flexibility index (Phi) is 6.93. The van der Waals surface area contributed by atoms with Crippen LogP contribution in [0.5, 0.6) is 5.75 Å². The van der Waals surface area contributed by atoms with Gasteiger partial charge in [0, 0.05) is 5.56 Å². The third-order valence-corrected chi connectivity index (χ3v) is 3.91. The van der Waals surface area contributed by atoms with E-state index in [0.29, 0.717) is 17.0 Å². The minimum absolute atomic E-state index is 0.326. The molecule has 0 heterocycles. The number of carbonyl (C=O) groups is 3. The highest BCUT2D eigenvalue weighted by Gasteiger charge is 2.12. The van der Waals surface area contributed by atoms with Crippen molar-refractivity contribution in [3.8, 4) is 5.75 Å². The van der Waals surface area contributed by atoms with Gasteiger partial charge in [-0.25, -0.2) is 0 Å². The van der Waals surface area contributed by atoms with Crippen LogP contribution in [0.15, 0.2) is 42.5 Å². The Bertz CT molecular complexity index is 848. The lowest BCUT2D eigenvalue weighted by molar-refractivity contribution is -0.146. The first-order valence-corrected chi connectivity index (χ1v) is 8.34. The Labute approximate surface area is 157 Å². The summed E-state index contributed by atoms with van der Waals surface area (Å²) in [6.45, 7) is 3.06. The number of methoxy groups -OCH3 is 1. The van der Waals surface area contributed by atoms with Crippen molar-refractivity contribution < 1.29 is 23.9 Å². The predicted molar refractivity (Wildman–Crippen MR) is 101 cm³/mol. The van der Waals surface area contributed by atoms with E-state index in [-0.39, 0.29) is 12.5 Å². The second-order valence-corrected chi connectivity index (χ2v) is 5.89. The fourth-order valence-corrected chi connectivity index (χ4v) is 2.27. The summed E-state index contributed by atoms with van der Waals surface area (Å²) < 4.78 is 10.00. The Morgan fingerprint density at radius 3 is 2.44 bits per heavy atom. The molecular formula is C20H22N2O5. The zero-order chi connectivity index (χ0) is 19.8. The third-order valence-electron chi connectivity index (χ3n) is 3.91. The molecule has 0 aliphatic carbocycles. The third kappa shape index (κ3) is 5.85. The van der Waals surface area contributed by atoms with Gasteiger partial charge in [0.2, 0.25) is 0 Å². The van der Waals surface area contributed by atoms with Gasteiger partial charge in [0.05, 0.1) is 12.8 Å². The van der Waals surface area contributed by atoms with E-state index < -0.39 is 18.5 Å². The number of anilines is 1. The monoisotopic (exact) mass is 370 g/mol. The van der Waals surface area contributed by atoms with Gasteiger partial charge in [-0.1, -0.05) is 18.2 Å². The molecule has 0 fully saturated rings. The molecule has 0 atom stereocenters. The Hall–Kier alpha value is -3.35. The van der Waals surface area contributed by atoms with E-state index in [1.807, 2.05) is 19.9 Å². The number of hydrogen-bond acceptors (Lipinski definition) is 5. The Morgan fingerprint density at radius 1 is 1.00 bits per heavy atom. The standard InChI is InChI=1S/C20H22N2O5/c1-13-8-9-15(10-14(13)2)20(25)21-11-19(24)27-12-18(23)22-16-6-4-5-7-17(16)26-3/h4-10H,11-12H2,1-3H3,(H,21,25)(H,22,23). The minimum Gasteiger partial charge on any atom is -0.495 e. The molecule has 2 aromatic carbocycles. The molecule has 2 aromatic rings. The summed E-state index contributed by atoms with van der Waals surface area (Å²) in [4.78, 5) is 35.7. The molecule has 142 valence electrons. The summed E-state index contributed by atoms with van der Waals surface area (Å²) in [5, 5.41) is 5.06. The van der Waals surface area contributed by atoms with E-state index in [1.165, 1.54) is 7.11 Å². The second-order valence-electron chi connectivity index (χ2n) is 5.89.